The Bertz CT molecular complexity index is 1110. The number of fused-ring (bicyclic) bond motifs is 2. The molecule has 2 heterocycles. The van der Waals surface area contributed by atoms with Crippen LogP contribution in [0.4, 0.5) is 0 Å². The van der Waals surface area contributed by atoms with Gasteiger partial charge in [-0.2, -0.15) is 0 Å². The van der Waals surface area contributed by atoms with Crippen molar-refractivity contribution in [1.29, 1.82) is 5.41 Å². The van der Waals surface area contributed by atoms with Crippen molar-refractivity contribution in [2.75, 3.05) is 20.1 Å². The van der Waals surface area contributed by atoms with Crippen molar-refractivity contribution in [3.63, 3.8) is 0 Å². The lowest BCUT2D eigenvalue weighted by molar-refractivity contribution is 0.0731. The fourth-order valence-corrected chi connectivity index (χ4v) is 5.47. The highest BCUT2D eigenvalue weighted by Gasteiger charge is 2.40. The van der Waals surface area contributed by atoms with E-state index in [2.05, 4.69) is 41.3 Å². The quantitative estimate of drug-likeness (QED) is 0.465. The normalized spacial score (nSPS) is 23.2. The largest absolute Gasteiger partial charge is 0.370 e. The van der Waals surface area contributed by atoms with Crippen LogP contribution in [0.3, 0.4) is 0 Å². The van der Waals surface area contributed by atoms with Crippen LogP contribution in [-0.4, -0.2) is 52.8 Å². The number of guanidine groups is 1. The number of likely N-dealkylation sites (N-methyl/N-ethyl adjacent to an activating group) is 1. The first kappa shape index (κ1) is 18.9. The average molecular weight is 402 g/mol. The van der Waals surface area contributed by atoms with Gasteiger partial charge in [0.2, 0.25) is 0 Å². The Balaban J connectivity index is 1.42. The molecule has 5 rings (SSSR count). The maximum absolute atomic E-state index is 13.0. The summed E-state index contributed by atoms with van der Waals surface area (Å²) in [5, 5.41) is 9.39. The Morgan fingerprint density at radius 2 is 2.03 bits per heavy atom. The van der Waals surface area contributed by atoms with Gasteiger partial charge in [-0.05, 0) is 55.1 Å². The van der Waals surface area contributed by atoms with Crippen molar-refractivity contribution in [1.82, 2.24) is 14.8 Å². The SMILES string of the molecule is CN1CC(CN(C(=N)N)C(=O)c2ccccc2)C[C@@H]2c3cccc4[nH]cc(c34)C[C@H]21. The van der Waals surface area contributed by atoms with E-state index in [0.29, 0.717) is 24.1 Å². The van der Waals surface area contributed by atoms with Gasteiger partial charge in [0.1, 0.15) is 0 Å². The number of aromatic nitrogens is 1. The number of piperidine rings is 1. The molecule has 6 nitrogen and oxygen atoms in total. The Labute approximate surface area is 176 Å². The average Bonchev–Trinajstić information content (AvgIpc) is 3.17. The molecule has 0 saturated carbocycles. The molecule has 6 heteroatoms. The molecule has 1 unspecified atom stereocenters. The van der Waals surface area contributed by atoms with Crippen LogP contribution in [0.25, 0.3) is 10.9 Å². The number of amides is 1. The number of benzene rings is 2. The topological polar surface area (TPSA) is 89.2 Å². The smallest absolute Gasteiger partial charge is 0.260 e. The van der Waals surface area contributed by atoms with E-state index < -0.39 is 0 Å². The number of carbonyl (C=O) groups is 1. The highest BCUT2D eigenvalue weighted by molar-refractivity contribution is 6.04. The van der Waals surface area contributed by atoms with Crippen molar-refractivity contribution in [3.8, 4) is 0 Å². The number of nitrogens with two attached hydrogens (primary N) is 1. The van der Waals surface area contributed by atoms with Crippen LogP contribution in [0.1, 0.15) is 33.8 Å². The second-order valence-corrected chi connectivity index (χ2v) is 8.67. The van der Waals surface area contributed by atoms with Crippen LogP contribution in [0.2, 0.25) is 0 Å². The van der Waals surface area contributed by atoms with E-state index in [1.54, 1.807) is 12.1 Å². The summed E-state index contributed by atoms with van der Waals surface area (Å²) in [7, 11) is 2.18. The molecule has 0 spiro atoms. The van der Waals surface area contributed by atoms with E-state index in [9.17, 15) is 4.79 Å². The van der Waals surface area contributed by atoms with Crippen molar-refractivity contribution in [2.45, 2.75) is 24.8 Å². The summed E-state index contributed by atoms with van der Waals surface area (Å²) >= 11 is 0. The van der Waals surface area contributed by atoms with E-state index in [1.807, 2.05) is 18.2 Å². The Morgan fingerprint density at radius 3 is 2.80 bits per heavy atom. The second kappa shape index (κ2) is 7.29. The lowest BCUT2D eigenvalue weighted by atomic mass is 9.72. The minimum absolute atomic E-state index is 0.188. The van der Waals surface area contributed by atoms with Crippen LogP contribution in [0.15, 0.2) is 54.7 Å². The lowest BCUT2D eigenvalue weighted by Gasteiger charge is -2.46. The number of nitrogens with zero attached hydrogens (tertiary/aromatic N) is 2. The summed E-state index contributed by atoms with van der Waals surface area (Å²) in [6.45, 7) is 1.36. The van der Waals surface area contributed by atoms with E-state index >= 15 is 0 Å². The van der Waals surface area contributed by atoms with Crippen LogP contribution < -0.4 is 5.73 Å². The molecule has 0 radical (unpaired) electrons. The highest BCUT2D eigenvalue weighted by atomic mass is 16.2. The molecule has 1 aliphatic heterocycles. The van der Waals surface area contributed by atoms with Gasteiger partial charge in [-0.25, -0.2) is 0 Å². The first-order valence-corrected chi connectivity index (χ1v) is 10.5. The third-order valence-corrected chi connectivity index (χ3v) is 6.81. The molecule has 3 atom stereocenters. The van der Waals surface area contributed by atoms with E-state index in [-0.39, 0.29) is 17.8 Å². The number of carbonyl (C=O) groups excluding carboxylic acids is 1. The van der Waals surface area contributed by atoms with Gasteiger partial charge in [0.05, 0.1) is 0 Å². The van der Waals surface area contributed by atoms with Gasteiger partial charge in [-0.1, -0.05) is 30.3 Å². The molecule has 30 heavy (non-hydrogen) atoms. The zero-order chi connectivity index (χ0) is 20.8. The van der Waals surface area contributed by atoms with Crippen LogP contribution in [-0.2, 0) is 6.42 Å². The molecule has 1 saturated heterocycles. The molecular weight excluding hydrogens is 374 g/mol. The monoisotopic (exact) mass is 401 g/mol. The Morgan fingerprint density at radius 1 is 1.23 bits per heavy atom. The summed E-state index contributed by atoms with van der Waals surface area (Å²) in [6.07, 6.45) is 4.19. The van der Waals surface area contributed by atoms with E-state index in [0.717, 1.165) is 19.4 Å². The van der Waals surface area contributed by atoms with Gasteiger partial charge in [-0.15, -0.1) is 0 Å². The molecular formula is C24H27N5O. The molecule has 0 bridgehead atoms. The summed E-state index contributed by atoms with van der Waals surface area (Å²) in [5.74, 6) is 0.281. The number of nitrogens with one attached hydrogen (secondary N) is 2. The van der Waals surface area contributed by atoms with Gasteiger partial charge in [0.15, 0.2) is 5.96 Å². The van der Waals surface area contributed by atoms with Crippen molar-refractivity contribution in [3.05, 3.63) is 71.4 Å². The standard InChI is InChI=1S/C24H27N5O/c1-28-13-15(14-29(24(25)26)23(30)16-6-3-2-4-7-16)10-19-18-8-5-9-20-22(18)17(12-27-20)11-21(19)28/h2-9,12,15,19,21,27H,10-11,13-14H2,1H3,(H3,25,26)/t15?,19-,21-/m1/s1. The summed E-state index contributed by atoms with van der Waals surface area (Å²) < 4.78 is 0. The second-order valence-electron chi connectivity index (χ2n) is 8.67. The maximum atomic E-state index is 13.0. The number of rotatable bonds is 3. The first-order chi connectivity index (χ1) is 14.5. The zero-order valence-corrected chi connectivity index (χ0v) is 17.1. The van der Waals surface area contributed by atoms with Gasteiger partial charge in [0, 0.05) is 47.7 Å². The molecule has 1 amide bonds. The number of aromatic amines is 1. The molecule has 1 aromatic heterocycles. The maximum Gasteiger partial charge on any atom is 0.260 e. The molecule has 2 aliphatic rings. The minimum atomic E-state index is -0.202. The minimum Gasteiger partial charge on any atom is -0.370 e. The van der Waals surface area contributed by atoms with Crippen molar-refractivity contribution in [2.24, 2.45) is 11.7 Å². The van der Waals surface area contributed by atoms with Crippen LogP contribution in [0, 0.1) is 11.3 Å². The fourth-order valence-electron chi connectivity index (χ4n) is 5.47. The van der Waals surface area contributed by atoms with Crippen molar-refractivity contribution < 1.29 is 4.79 Å². The molecule has 1 fully saturated rings. The van der Waals surface area contributed by atoms with Crippen molar-refractivity contribution >= 4 is 22.8 Å². The summed E-state index contributed by atoms with van der Waals surface area (Å²) in [6, 6.07) is 16.1. The molecule has 154 valence electrons. The Kier molecular flexibility index (Phi) is 4.59. The van der Waals surface area contributed by atoms with E-state index in [1.165, 1.54) is 26.9 Å². The number of H-pyrrole nitrogens is 1. The van der Waals surface area contributed by atoms with Crippen LogP contribution in [0.5, 0.6) is 0 Å². The first-order valence-electron chi connectivity index (χ1n) is 10.5. The van der Waals surface area contributed by atoms with Gasteiger partial charge < -0.3 is 15.6 Å². The molecule has 4 N–H and O–H groups in total. The third-order valence-electron chi connectivity index (χ3n) is 6.81. The zero-order valence-electron chi connectivity index (χ0n) is 17.1. The molecule has 3 aromatic rings. The highest BCUT2D eigenvalue weighted by Crippen LogP contribution is 2.44. The molecule has 2 aromatic carbocycles. The Hall–Kier alpha value is -3.12. The molecule has 1 aliphatic carbocycles. The van der Waals surface area contributed by atoms with Gasteiger partial charge in [-0.3, -0.25) is 15.1 Å². The predicted molar refractivity (Wildman–Crippen MR) is 119 cm³/mol. The number of hydrogen-bond acceptors (Lipinski definition) is 3. The van der Waals surface area contributed by atoms with Gasteiger partial charge >= 0.3 is 0 Å². The lowest BCUT2D eigenvalue weighted by Crippen LogP contribution is -2.52. The number of hydrogen-bond donors (Lipinski definition) is 3. The third kappa shape index (κ3) is 3.08. The summed E-state index contributed by atoms with van der Waals surface area (Å²) in [4.78, 5) is 20.3. The summed E-state index contributed by atoms with van der Waals surface area (Å²) in [5.41, 5.74) is 10.4. The predicted octanol–water partition coefficient (Wildman–Crippen LogP) is 3.16. The number of likely N-dealkylation sites (tertiary alicyclic amines) is 1. The fraction of sp³-hybridized carbons (Fsp3) is 0.333. The van der Waals surface area contributed by atoms with Gasteiger partial charge in [0.25, 0.3) is 5.91 Å². The van der Waals surface area contributed by atoms with E-state index in [4.69, 9.17) is 11.1 Å². The van der Waals surface area contributed by atoms with Crippen LogP contribution >= 0.6 is 0 Å².